The molecule has 2 fully saturated rings. The average Bonchev–Trinajstić information content (AvgIpc) is 2.35. The second-order valence-corrected chi connectivity index (χ2v) is 6.48. The molecule has 1 heteroatoms. The van der Waals surface area contributed by atoms with E-state index in [1.54, 1.807) is 0 Å². The first-order chi connectivity index (χ1) is 6.38. The minimum absolute atomic E-state index is 0.544. The lowest BCUT2D eigenvalue weighted by Crippen LogP contribution is -2.46. The van der Waals surface area contributed by atoms with Gasteiger partial charge < -0.3 is 5.32 Å². The molecule has 0 radical (unpaired) electrons. The van der Waals surface area contributed by atoms with Gasteiger partial charge in [0.25, 0.3) is 0 Å². The summed E-state index contributed by atoms with van der Waals surface area (Å²) in [5.41, 5.74) is 1.10. The molecule has 2 aliphatic rings. The van der Waals surface area contributed by atoms with Crippen LogP contribution in [-0.4, -0.2) is 12.1 Å². The van der Waals surface area contributed by atoms with Crippen LogP contribution in [-0.2, 0) is 0 Å². The van der Waals surface area contributed by atoms with Crippen molar-refractivity contribution in [2.45, 2.75) is 66.0 Å². The summed E-state index contributed by atoms with van der Waals surface area (Å²) in [6.45, 7) is 12.0. The lowest BCUT2D eigenvalue weighted by molar-refractivity contribution is 0.117. The summed E-state index contributed by atoms with van der Waals surface area (Å²) < 4.78 is 0. The summed E-state index contributed by atoms with van der Waals surface area (Å²) in [5.74, 6) is 0.962. The Morgan fingerprint density at radius 1 is 1.21 bits per heavy atom. The second-order valence-electron chi connectivity index (χ2n) is 6.48. The van der Waals surface area contributed by atoms with E-state index in [1.807, 2.05) is 0 Å². The van der Waals surface area contributed by atoms with Crippen LogP contribution in [0.25, 0.3) is 0 Å². The average molecular weight is 195 g/mol. The lowest BCUT2D eigenvalue weighted by Gasteiger charge is -2.40. The smallest absolute Gasteiger partial charge is 0.0131 e. The van der Waals surface area contributed by atoms with Crippen LogP contribution in [0.2, 0.25) is 0 Å². The van der Waals surface area contributed by atoms with Gasteiger partial charge in [-0.3, -0.25) is 0 Å². The lowest BCUT2D eigenvalue weighted by atomic mass is 9.69. The molecule has 0 aromatic rings. The molecule has 82 valence electrons. The normalized spacial score (nSPS) is 45.0. The maximum Gasteiger partial charge on any atom is 0.0131 e. The van der Waals surface area contributed by atoms with Crippen molar-refractivity contribution in [2.75, 3.05) is 0 Å². The summed E-state index contributed by atoms with van der Waals surface area (Å²) in [5, 5.41) is 3.77. The van der Waals surface area contributed by atoms with Crippen molar-refractivity contribution in [1.29, 1.82) is 0 Å². The van der Waals surface area contributed by atoms with Crippen LogP contribution >= 0.6 is 0 Å². The maximum atomic E-state index is 3.77. The van der Waals surface area contributed by atoms with Crippen LogP contribution in [0, 0.1) is 16.7 Å². The van der Waals surface area contributed by atoms with Crippen LogP contribution in [0.3, 0.4) is 0 Å². The van der Waals surface area contributed by atoms with Gasteiger partial charge in [-0.05, 0) is 36.0 Å². The molecule has 0 saturated heterocycles. The summed E-state index contributed by atoms with van der Waals surface area (Å²) in [4.78, 5) is 0. The third-order valence-electron chi connectivity index (χ3n) is 5.33. The quantitative estimate of drug-likeness (QED) is 0.713. The van der Waals surface area contributed by atoms with E-state index in [9.17, 15) is 0 Å². The summed E-state index contributed by atoms with van der Waals surface area (Å²) in [6.07, 6.45) is 4.29. The molecule has 2 aliphatic carbocycles. The molecule has 14 heavy (non-hydrogen) atoms. The van der Waals surface area contributed by atoms with Crippen molar-refractivity contribution >= 4 is 0 Å². The van der Waals surface area contributed by atoms with Gasteiger partial charge in [-0.15, -0.1) is 0 Å². The van der Waals surface area contributed by atoms with Gasteiger partial charge in [0.05, 0.1) is 0 Å². The molecule has 0 amide bonds. The van der Waals surface area contributed by atoms with Crippen LogP contribution < -0.4 is 5.32 Å². The number of hydrogen-bond donors (Lipinski definition) is 1. The van der Waals surface area contributed by atoms with E-state index in [1.165, 1.54) is 19.3 Å². The first kappa shape index (κ1) is 10.5. The molecule has 2 saturated carbocycles. The molecule has 0 heterocycles. The van der Waals surface area contributed by atoms with Crippen molar-refractivity contribution in [3.05, 3.63) is 0 Å². The minimum atomic E-state index is 0.544. The second kappa shape index (κ2) is 2.98. The molecule has 1 nitrogen and oxygen atoms in total. The van der Waals surface area contributed by atoms with E-state index in [-0.39, 0.29) is 0 Å². The van der Waals surface area contributed by atoms with Crippen molar-refractivity contribution in [2.24, 2.45) is 16.7 Å². The van der Waals surface area contributed by atoms with Gasteiger partial charge in [0.15, 0.2) is 0 Å². The fourth-order valence-corrected chi connectivity index (χ4v) is 3.86. The van der Waals surface area contributed by atoms with E-state index in [0.29, 0.717) is 16.9 Å². The zero-order valence-corrected chi connectivity index (χ0v) is 10.4. The Hall–Kier alpha value is -0.0400. The molecule has 2 rings (SSSR count). The highest BCUT2D eigenvalue weighted by molar-refractivity contribution is 5.13. The fraction of sp³-hybridized carbons (Fsp3) is 1.00. The first-order valence-electron chi connectivity index (χ1n) is 6.14. The van der Waals surface area contributed by atoms with E-state index < -0.39 is 0 Å². The highest BCUT2D eigenvalue weighted by Crippen LogP contribution is 2.65. The predicted molar refractivity (Wildman–Crippen MR) is 61.3 cm³/mol. The van der Waals surface area contributed by atoms with Crippen LogP contribution in [0.4, 0.5) is 0 Å². The molecule has 2 bridgehead atoms. The van der Waals surface area contributed by atoms with Gasteiger partial charge in [0, 0.05) is 12.1 Å². The SMILES string of the molecule is CC(C)N[C@H]1C[C@@H]2CC[C@]1(C)C2(C)C. The number of hydrogen-bond acceptors (Lipinski definition) is 1. The Morgan fingerprint density at radius 2 is 1.86 bits per heavy atom. The van der Waals surface area contributed by atoms with E-state index in [0.717, 1.165) is 12.0 Å². The first-order valence-corrected chi connectivity index (χ1v) is 6.14. The molecule has 1 N–H and O–H groups in total. The molecular weight excluding hydrogens is 170 g/mol. The predicted octanol–water partition coefficient (Wildman–Crippen LogP) is 3.20. The molecule has 0 aliphatic heterocycles. The molecule has 0 spiro atoms. The fourth-order valence-electron chi connectivity index (χ4n) is 3.86. The van der Waals surface area contributed by atoms with Gasteiger partial charge in [-0.25, -0.2) is 0 Å². The van der Waals surface area contributed by atoms with Crippen LogP contribution in [0.5, 0.6) is 0 Å². The van der Waals surface area contributed by atoms with Crippen molar-refractivity contribution in [3.8, 4) is 0 Å². The zero-order valence-electron chi connectivity index (χ0n) is 10.4. The highest BCUT2D eigenvalue weighted by atomic mass is 15.0. The highest BCUT2D eigenvalue weighted by Gasteiger charge is 2.61. The molecule has 0 aromatic heterocycles. The Kier molecular flexibility index (Phi) is 2.23. The van der Waals surface area contributed by atoms with Crippen LogP contribution in [0.15, 0.2) is 0 Å². The Balaban J connectivity index is 2.19. The van der Waals surface area contributed by atoms with Gasteiger partial charge in [-0.2, -0.15) is 0 Å². The van der Waals surface area contributed by atoms with Gasteiger partial charge in [0.1, 0.15) is 0 Å². The number of rotatable bonds is 2. The van der Waals surface area contributed by atoms with E-state index >= 15 is 0 Å². The molecular formula is C13H25N. The van der Waals surface area contributed by atoms with E-state index in [4.69, 9.17) is 0 Å². The van der Waals surface area contributed by atoms with Crippen molar-refractivity contribution < 1.29 is 0 Å². The standard InChI is InChI=1S/C13H25N/c1-9(2)14-11-8-10-6-7-13(11,5)12(10,3)4/h9-11,14H,6-8H2,1-5H3/t10-,11-,13-/m0/s1. The largest absolute Gasteiger partial charge is 0.311 e. The Bertz CT molecular complexity index is 231. The van der Waals surface area contributed by atoms with Crippen molar-refractivity contribution in [1.82, 2.24) is 5.32 Å². The third kappa shape index (κ3) is 1.18. The van der Waals surface area contributed by atoms with E-state index in [2.05, 4.69) is 39.9 Å². The number of nitrogens with one attached hydrogen (secondary N) is 1. The number of fused-ring (bicyclic) bond motifs is 2. The monoisotopic (exact) mass is 195 g/mol. The summed E-state index contributed by atoms with van der Waals surface area (Å²) in [6, 6.07) is 1.39. The topological polar surface area (TPSA) is 12.0 Å². The molecule has 0 aromatic carbocycles. The summed E-state index contributed by atoms with van der Waals surface area (Å²) >= 11 is 0. The Labute approximate surface area is 88.7 Å². The zero-order chi connectivity index (χ0) is 10.6. The summed E-state index contributed by atoms with van der Waals surface area (Å²) in [7, 11) is 0. The van der Waals surface area contributed by atoms with Gasteiger partial charge in [-0.1, -0.05) is 34.6 Å². The Morgan fingerprint density at radius 3 is 2.21 bits per heavy atom. The molecule has 0 unspecified atom stereocenters. The third-order valence-corrected chi connectivity index (χ3v) is 5.33. The maximum absolute atomic E-state index is 3.77. The van der Waals surface area contributed by atoms with Crippen molar-refractivity contribution in [3.63, 3.8) is 0 Å². The minimum Gasteiger partial charge on any atom is -0.311 e. The van der Waals surface area contributed by atoms with Gasteiger partial charge >= 0.3 is 0 Å². The van der Waals surface area contributed by atoms with Gasteiger partial charge in [0.2, 0.25) is 0 Å². The molecule has 3 atom stereocenters. The van der Waals surface area contributed by atoms with Crippen LogP contribution in [0.1, 0.15) is 53.9 Å².